The predicted molar refractivity (Wildman–Crippen MR) is 77.2 cm³/mol. The van der Waals surface area contributed by atoms with Gasteiger partial charge in [0.15, 0.2) is 0 Å². The van der Waals surface area contributed by atoms with Crippen LogP contribution in [-0.4, -0.2) is 60.0 Å². The molecule has 1 saturated heterocycles. The molecule has 20 heavy (non-hydrogen) atoms. The Kier molecular flexibility index (Phi) is 5.39. The van der Waals surface area contributed by atoms with Gasteiger partial charge in [0.2, 0.25) is 0 Å². The molecule has 1 aromatic rings. The van der Waals surface area contributed by atoms with Gasteiger partial charge in [-0.25, -0.2) is 0 Å². The topological polar surface area (TPSA) is 59.4 Å². The number of ether oxygens (including phenoxy) is 1. The second-order valence-corrected chi connectivity index (χ2v) is 5.15. The predicted octanol–water partition coefficient (Wildman–Crippen LogP) is 0.927. The fourth-order valence-electron chi connectivity index (χ4n) is 2.24. The summed E-state index contributed by atoms with van der Waals surface area (Å²) in [6, 6.07) is 0. The number of nitrogens with zero attached hydrogens (tertiary/aromatic N) is 3. The average molecular weight is 301 g/mol. The van der Waals surface area contributed by atoms with Gasteiger partial charge in [0.25, 0.3) is 5.91 Å². The van der Waals surface area contributed by atoms with Crippen molar-refractivity contribution in [1.82, 2.24) is 20.0 Å². The minimum atomic E-state index is -0.161. The van der Waals surface area contributed by atoms with Crippen molar-refractivity contribution >= 4 is 17.5 Å². The summed E-state index contributed by atoms with van der Waals surface area (Å²) in [6.07, 6.45) is 0. The number of hydrogen-bond acceptors (Lipinski definition) is 4. The number of halogens is 1. The summed E-state index contributed by atoms with van der Waals surface area (Å²) in [5.41, 5.74) is 1.14. The zero-order chi connectivity index (χ0) is 14.5. The molecule has 0 bridgehead atoms. The molecule has 0 spiro atoms. The third-order valence-electron chi connectivity index (χ3n) is 3.39. The largest absolute Gasteiger partial charge is 0.379 e. The molecule has 0 aliphatic carbocycles. The number of aryl methyl sites for hydroxylation is 2. The van der Waals surface area contributed by atoms with Crippen LogP contribution in [0.4, 0.5) is 0 Å². The maximum Gasteiger partial charge on any atom is 0.271 e. The highest BCUT2D eigenvalue weighted by molar-refractivity contribution is 6.34. The van der Waals surface area contributed by atoms with E-state index in [-0.39, 0.29) is 5.91 Å². The van der Waals surface area contributed by atoms with Crippen LogP contribution in [0.5, 0.6) is 0 Å². The normalized spacial score (nSPS) is 16.4. The van der Waals surface area contributed by atoms with Crippen molar-refractivity contribution < 1.29 is 9.53 Å². The molecular formula is C13H21ClN4O2. The average Bonchev–Trinajstić information content (AvgIpc) is 2.75. The van der Waals surface area contributed by atoms with Gasteiger partial charge in [-0.2, -0.15) is 5.10 Å². The van der Waals surface area contributed by atoms with Crippen LogP contribution in [0.3, 0.4) is 0 Å². The molecule has 1 aliphatic heterocycles. The first-order valence-corrected chi connectivity index (χ1v) is 7.32. The third-order valence-corrected chi connectivity index (χ3v) is 3.84. The minimum absolute atomic E-state index is 0.161. The summed E-state index contributed by atoms with van der Waals surface area (Å²) < 4.78 is 6.93. The molecule has 1 aliphatic rings. The first-order chi connectivity index (χ1) is 9.63. The molecule has 0 unspecified atom stereocenters. The summed E-state index contributed by atoms with van der Waals surface area (Å²) in [5.74, 6) is -0.161. The maximum absolute atomic E-state index is 12.2. The Morgan fingerprint density at radius 2 is 2.15 bits per heavy atom. The first kappa shape index (κ1) is 15.3. The van der Waals surface area contributed by atoms with Crippen LogP contribution in [0, 0.1) is 6.92 Å². The van der Waals surface area contributed by atoms with Gasteiger partial charge in [-0.1, -0.05) is 11.6 Å². The Morgan fingerprint density at radius 1 is 1.45 bits per heavy atom. The van der Waals surface area contributed by atoms with E-state index in [1.165, 1.54) is 0 Å². The lowest BCUT2D eigenvalue weighted by molar-refractivity contribution is 0.0383. The Labute approximate surface area is 124 Å². The molecule has 1 N–H and O–H groups in total. The minimum Gasteiger partial charge on any atom is -0.379 e. The number of amides is 1. The number of hydrogen-bond donors (Lipinski definition) is 1. The van der Waals surface area contributed by atoms with Crippen LogP contribution in [0.1, 0.15) is 23.1 Å². The molecule has 7 heteroatoms. The van der Waals surface area contributed by atoms with Crippen LogP contribution < -0.4 is 5.32 Å². The molecule has 1 fully saturated rings. The summed E-state index contributed by atoms with van der Waals surface area (Å²) in [4.78, 5) is 14.5. The van der Waals surface area contributed by atoms with Gasteiger partial charge in [-0.15, -0.1) is 0 Å². The van der Waals surface area contributed by atoms with E-state index in [0.29, 0.717) is 29.5 Å². The van der Waals surface area contributed by atoms with E-state index in [2.05, 4.69) is 15.3 Å². The van der Waals surface area contributed by atoms with E-state index in [0.717, 1.165) is 32.8 Å². The molecule has 2 rings (SSSR count). The van der Waals surface area contributed by atoms with Gasteiger partial charge in [0, 0.05) is 32.7 Å². The quantitative estimate of drug-likeness (QED) is 0.879. The molecular weight excluding hydrogens is 280 g/mol. The van der Waals surface area contributed by atoms with Crippen LogP contribution in [0.25, 0.3) is 0 Å². The summed E-state index contributed by atoms with van der Waals surface area (Å²) in [6.45, 7) is 9.16. The standard InChI is InChI=1S/C13H21ClN4O2/c1-3-18-12(11(14)10(2)16-18)13(19)15-4-5-17-6-8-20-9-7-17/h3-9H2,1-2H3,(H,15,19). The molecule has 1 aromatic heterocycles. The van der Waals surface area contributed by atoms with Crippen molar-refractivity contribution in [3.63, 3.8) is 0 Å². The molecule has 2 heterocycles. The SMILES string of the molecule is CCn1nc(C)c(Cl)c1C(=O)NCCN1CCOCC1. The van der Waals surface area contributed by atoms with Crippen molar-refractivity contribution in [1.29, 1.82) is 0 Å². The van der Waals surface area contributed by atoms with Crippen molar-refractivity contribution in [2.24, 2.45) is 0 Å². The number of carbonyl (C=O) groups excluding carboxylic acids is 1. The van der Waals surface area contributed by atoms with Gasteiger partial charge in [-0.05, 0) is 13.8 Å². The second-order valence-electron chi connectivity index (χ2n) is 4.77. The number of nitrogens with one attached hydrogen (secondary N) is 1. The second kappa shape index (κ2) is 7.06. The Morgan fingerprint density at radius 3 is 2.80 bits per heavy atom. The van der Waals surface area contributed by atoms with Crippen molar-refractivity contribution in [2.75, 3.05) is 39.4 Å². The van der Waals surface area contributed by atoms with Crippen molar-refractivity contribution in [3.05, 3.63) is 16.4 Å². The summed E-state index contributed by atoms with van der Waals surface area (Å²) in [5, 5.41) is 7.59. The van der Waals surface area contributed by atoms with E-state index in [4.69, 9.17) is 16.3 Å². The van der Waals surface area contributed by atoms with E-state index >= 15 is 0 Å². The Bertz CT molecular complexity index is 469. The fourth-order valence-corrected chi connectivity index (χ4v) is 2.46. The molecule has 6 nitrogen and oxygen atoms in total. The first-order valence-electron chi connectivity index (χ1n) is 6.94. The number of carbonyl (C=O) groups is 1. The number of morpholine rings is 1. The molecule has 0 aromatic carbocycles. The Balaban J connectivity index is 1.88. The lowest BCUT2D eigenvalue weighted by atomic mass is 10.3. The zero-order valence-electron chi connectivity index (χ0n) is 12.0. The highest BCUT2D eigenvalue weighted by atomic mass is 35.5. The zero-order valence-corrected chi connectivity index (χ0v) is 12.7. The van der Waals surface area contributed by atoms with Gasteiger partial charge in [0.1, 0.15) is 5.69 Å². The summed E-state index contributed by atoms with van der Waals surface area (Å²) >= 11 is 6.14. The number of rotatable bonds is 5. The van der Waals surface area contributed by atoms with Gasteiger partial charge in [0.05, 0.1) is 23.9 Å². The Hall–Kier alpha value is -1.11. The monoisotopic (exact) mass is 300 g/mol. The molecule has 0 atom stereocenters. The molecule has 0 saturated carbocycles. The van der Waals surface area contributed by atoms with Crippen LogP contribution in [0.15, 0.2) is 0 Å². The lowest BCUT2D eigenvalue weighted by Gasteiger charge is -2.26. The maximum atomic E-state index is 12.2. The lowest BCUT2D eigenvalue weighted by Crippen LogP contribution is -2.41. The summed E-state index contributed by atoms with van der Waals surface area (Å²) in [7, 11) is 0. The highest BCUT2D eigenvalue weighted by Crippen LogP contribution is 2.19. The van der Waals surface area contributed by atoms with Gasteiger partial charge >= 0.3 is 0 Å². The highest BCUT2D eigenvalue weighted by Gasteiger charge is 2.19. The van der Waals surface area contributed by atoms with E-state index in [1.54, 1.807) is 11.6 Å². The van der Waals surface area contributed by atoms with Gasteiger partial charge < -0.3 is 10.1 Å². The van der Waals surface area contributed by atoms with Crippen molar-refractivity contribution in [2.45, 2.75) is 20.4 Å². The molecule has 0 radical (unpaired) electrons. The van der Waals surface area contributed by atoms with Crippen LogP contribution in [0.2, 0.25) is 5.02 Å². The molecule has 1 amide bonds. The number of aromatic nitrogens is 2. The smallest absolute Gasteiger partial charge is 0.271 e. The van der Waals surface area contributed by atoms with Crippen molar-refractivity contribution in [3.8, 4) is 0 Å². The fraction of sp³-hybridized carbons (Fsp3) is 0.692. The van der Waals surface area contributed by atoms with E-state index in [9.17, 15) is 4.79 Å². The van der Waals surface area contributed by atoms with Crippen LogP contribution in [-0.2, 0) is 11.3 Å². The molecule has 112 valence electrons. The van der Waals surface area contributed by atoms with E-state index in [1.807, 2.05) is 6.92 Å². The van der Waals surface area contributed by atoms with Gasteiger partial charge in [-0.3, -0.25) is 14.4 Å². The van der Waals surface area contributed by atoms with E-state index < -0.39 is 0 Å². The third kappa shape index (κ3) is 3.50. The van der Waals surface area contributed by atoms with Crippen LogP contribution >= 0.6 is 11.6 Å².